The Morgan fingerprint density at radius 2 is 2.24 bits per heavy atom. The second kappa shape index (κ2) is 5.21. The minimum atomic E-state index is -0.0616. The van der Waals surface area contributed by atoms with Crippen molar-refractivity contribution in [1.82, 2.24) is 5.32 Å². The summed E-state index contributed by atoms with van der Waals surface area (Å²) in [6, 6.07) is 5.22. The van der Waals surface area contributed by atoms with Crippen molar-refractivity contribution in [3.05, 3.63) is 33.3 Å². The van der Waals surface area contributed by atoms with E-state index >= 15 is 0 Å². The maximum absolute atomic E-state index is 11.9. The van der Waals surface area contributed by atoms with E-state index in [9.17, 15) is 4.79 Å². The highest BCUT2D eigenvalue weighted by molar-refractivity contribution is 9.10. The third kappa shape index (κ3) is 3.39. The van der Waals surface area contributed by atoms with Gasteiger partial charge < -0.3 is 5.32 Å². The lowest BCUT2D eigenvalue weighted by atomic mass is 10.2. The normalized spacial score (nSPS) is 16.6. The van der Waals surface area contributed by atoms with Gasteiger partial charge in [-0.1, -0.05) is 27.5 Å². The zero-order chi connectivity index (χ0) is 12.5. The molecule has 1 aromatic rings. The lowest BCUT2D eigenvalue weighted by Gasteiger charge is -2.13. The van der Waals surface area contributed by atoms with Crippen LogP contribution < -0.4 is 5.32 Å². The highest BCUT2D eigenvalue weighted by Crippen LogP contribution is 2.46. The number of carbonyl (C=O) groups excluding carboxylic acids is 1. The summed E-state index contributed by atoms with van der Waals surface area (Å²) in [6.45, 7) is 0.733. The molecule has 0 unspecified atom stereocenters. The SMILES string of the molecule is CSC1(CNC(=O)c2cc(Cl)cc(Br)c2)CC1. The van der Waals surface area contributed by atoms with Gasteiger partial charge in [-0.05, 0) is 37.3 Å². The van der Waals surface area contributed by atoms with Crippen molar-refractivity contribution in [3.8, 4) is 0 Å². The predicted molar refractivity (Wildman–Crippen MR) is 77.0 cm³/mol. The van der Waals surface area contributed by atoms with E-state index in [4.69, 9.17) is 11.6 Å². The number of amides is 1. The van der Waals surface area contributed by atoms with Gasteiger partial charge in [-0.15, -0.1) is 0 Å². The van der Waals surface area contributed by atoms with Gasteiger partial charge in [0, 0.05) is 26.4 Å². The maximum Gasteiger partial charge on any atom is 0.251 e. The minimum Gasteiger partial charge on any atom is -0.351 e. The fourth-order valence-corrected chi connectivity index (χ4v) is 3.21. The fourth-order valence-electron chi connectivity index (χ4n) is 1.62. The molecule has 1 aliphatic rings. The van der Waals surface area contributed by atoms with E-state index in [2.05, 4.69) is 27.5 Å². The Morgan fingerprint density at radius 1 is 1.53 bits per heavy atom. The smallest absolute Gasteiger partial charge is 0.251 e. The molecule has 0 radical (unpaired) electrons. The van der Waals surface area contributed by atoms with Gasteiger partial charge >= 0.3 is 0 Å². The third-order valence-electron chi connectivity index (χ3n) is 2.94. The van der Waals surface area contributed by atoms with Crippen LogP contribution in [0.15, 0.2) is 22.7 Å². The van der Waals surface area contributed by atoms with E-state index in [1.807, 2.05) is 11.8 Å². The predicted octanol–water partition coefficient (Wildman–Crippen LogP) is 3.73. The van der Waals surface area contributed by atoms with Crippen LogP contribution in [0.4, 0.5) is 0 Å². The first-order chi connectivity index (χ1) is 8.04. The summed E-state index contributed by atoms with van der Waals surface area (Å²) >= 11 is 11.1. The van der Waals surface area contributed by atoms with Gasteiger partial charge in [-0.25, -0.2) is 0 Å². The van der Waals surface area contributed by atoms with Crippen LogP contribution >= 0.6 is 39.3 Å². The third-order valence-corrected chi connectivity index (χ3v) is 5.03. The number of carbonyl (C=O) groups is 1. The molecule has 1 aromatic carbocycles. The second-order valence-corrected chi connectivity index (χ2v) is 6.85. The average molecular weight is 335 g/mol. The topological polar surface area (TPSA) is 29.1 Å². The molecule has 1 fully saturated rings. The number of hydrogen-bond donors (Lipinski definition) is 1. The Hall–Kier alpha value is -0.190. The summed E-state index contributed by atoms with van der Waals surface area (Å²) in [5.41, 5.74) is 0.598. The molecule has 0 atom stereocenters. The summed E-state index contributed by atoms with van der Waals surface area (Å²) < 4.78 is 1.10. The molecule has 0 aliphatic heterocycles. The monoisotopic (exact) mass is 333 g/mol. The Kier molecular flexibility index (Phi) is 4.06. The van der Waals surface area contributed by atoms with E-state index in [1.54, 1.807) is 18.2 Å². The van der Waals surface area contributed by atoms with E-state index in [0.29, 0.717) is 10.6 Å². The fraction of sp³-hybridized carbons (Fsp3) is 0.417. The molecule has 2 nitrogen and oxygen atoms in total. The van der Waals surface area contributed by atoms with Crippen LogP contribution in [0.5, 0.6) is 0 Å². The summed E-state index contributed by atoms with van der Waals surface area (Å²) in [5.74, 6) is -0.0616. The Morgan fingerprint density at radius 3 is 2.76 bits per heavy atom. The van der Waals surface area contributed by atoms with Gasteiger partial charge in [0.2, 0.25) is 0 Å². The van der Waals surface area contributed by atoms with Gasteiger partial charge in [0.1, 0.15) is 0 Å². The Bertz CT molecular complexity index is 428. The van der Waals surface area contributed by atoms with Crippen molar-refractivity contribution in [1.29, 1.82) is 0 Å². The zero-order valence-electron chi connectivity index (χ0n) is 9.43. The van der Waals surface area contributed by atoms with E-state index in [0.717, 1.165) is 11.0 Å². The van der Waals surface area contributed by atoms with Crippen molar-refractivity contribution < 1.29 is 4.79 Å². The van der Waals surface area contributed by atoms with Crippen molar-refractivity contribution in [3.63, 3.8) is 0 Å². The molecule has 0 aromatic heterocycles. The van der Waals surface area contributed by atoms with Crippen LogP contribution in [0.25, 0.3) is 0 Å². The van der Waals surface area contributed by atoms with Crippen LogP contribution in [-0.2, 0) is 0 Å². The first-order valence-corrected chi connectivity index (χ1v) is 7.74. The number of halogens is 2. The van der Waals surface area contributed by atoms with Crippen LogP contribution in [0.1, 0.15) is 23.2 Å². The van der Waals surface area contributed by atoms with Gasteiger partial charge in [-0.2, -0.15) is 11.8 Å². The molecular formula is C12H13BrClNOS. The van der Waals surface area contributed by atoms with Crippen LogP contribution in [0.2, 0.25) is 5.02 Å². The highest BCUT2D eigenvalue weighted by Gasteiger charge is 2.41. The van der Waals surface area contributed by atoms with Crippen molar-refractivity contribution in [2.75, 3.05) is 12.8 Å². The molecule has 5 heteroatoms. The summed E-state index contributed by atoms with van der Waals surface area (Å²) in [6.07, 6.45) is 4.47. The van der Waals surface area contributed by atoms with E-state index < -0.39 is 0 Å². The number of hydrogen-bond acceptors (Lipinski definition) is 2. The summed E-state index contributed by atoms with van der Waals surface area (Å²) in [4.78, 5) is 11.9. The van der Waals surface area contributed by atoms with Gasteiger partial charge in [0.05, 0.1) is 0 Å². The minimum absolute atomic E-state index is 0.0616. The van der Waals surface area contributed by atoms with Crippen molar-refractivity contribution >= 4 is 45.2 Å². The average Bonchev–Trinajstić information content (AvgIpc) is 3.05. The Labute approximate surface area is 119 Å². The highest BCUT2D eigenvalue weighted by atomic mass is 79.9. The van der Waals surface area contributed by atoms with Gasteiger partial charge in [0.25, 0.3) is 5.91 Å². The zero-order valence-corrected chi connectivity index (χ0v) is 12.6. The molecule has 0 heterocycles. The number of nitrogens with one attached hydrogen (secondary N) is 1. The molecule has 17 heavy (non-hydrogen) atoms. The molecule has 0 saturated heterocycles. The molecule has 0 bridgehead atoms. The standard InChI is InChI=1S/C12H13BrClNOS/c1-17-12(2-3-12)7-15-11(16)8-4-9(13)6-10(14)5-8/h4-6H,2-3,7H2,1H3,(H,15,16). The number of thioether (sulfide) groups is 1. The molecular weight excluding hydrogens is 322 g/mol. The van der Waals surface area contributed by atoms with Gasteiger partial charge in [-0.3, -0.25) is 4.79 Å². The molecule has 1 saturated carbocycles. The van der Waals surface area contributed by atoms with Crippen molar-refractivity contribution in [2.45, 2.75) is 17.6 Å². The Balaban J connectivity index is 1.99. The second-order valence-electron chi connectivity index (χ2n) is 4.23. The van der Waals surface area contributed by atoms with E-state index in [-0.39, 0.29) is 10.7 Å². The quantitative estimate of drug-likeness (QED) is 0.909. The number of rotatable bonds is 4. The van der Waals surface area contributed by atoms with Crippen LogP contribution in [-0.4, -0.2) is 23.5 Å². The largest absolute Gasteiger partial charge is 0.351 e. The summed E-state index contributed by atoms with van der Waals surface area (Å²) in [5, 5.41) is 3.53. The lowest BCUT2D eigenvalue weighted by Crippen LogP contribution is -2.31. The molecule has 1 aliphatic carbocycles. The molecule has 1 amide bonds. The molecule has 1 N–H and O–H groups in total. The number of benzene rings is 1. The first-order valence-electron chi connectivity index (χ1n) is 5.34. The van der Waals surface area contributed by atoms with E-state index in [1.165, 1.54) is 12.8 Å². The summed E-state index contributed by atoms with van der Waals surface area (Å²) in [7, 11) is 0. The van der Waals surface area contributed by atoms with Crippen LogP contribution in [0, 0.1) is 0 Å². The molecule has 0 spiro atoms. The molecule has 92 valence electrons. The van der Waals surface area contributed by atoms with Crippen molar-refractivity contribution in [2.24, 2.45) is 0 Å². The molecule has 2 rings (SSSR count). The van der Waals surface area contributed by atoms with Crippen LogP contribution in [0.3, 0.4) is 0 Å². The first kappa shape index (κ1) is 13.2. The van der Waals surface area contributed by atoms with Gasteiger partial charge in [0.15, 0.2) is 0 Å². The maximum atomic E-state index is 11.9. The lowest BCUT2D eigenvalue weighted by molar-refractivity contribution is 0.0953.